The average Bonchev–Trinajstić information content (AvgIpc) is 3.20. The van der Waals surface area contributed by atoms with Crippen LogP contribution in [-0.4, -0.2) is 34.9 Å². The Morgan fingerprint density at radius 1 is 1.18 bits per heavy atom. The molecule has 0 amide bonds. The van der Waals surface area contributed by atoms with Crippen LogP contribution in [0, 0.1) is 5.82 Å². The zero-order chi connectivity index (χ0) is 15.6. The summed E-state index contributed by atoms with van der Waals surface area (Å²) in [5.41, 5.74) is -0.824. The number of aromatic nitrogens is 6. The molecule has 3 aromatic rings. The van der Waals surface area contributed by atoms with Crippen LogP contribution in [-0.2, 0) is 12.1 Å². The molecule has 3 rings (SSSR count). The molecule has 0 saturated heterocycles. The van der Waals surface area contributed by atoms with Gasteiger partial charge >= 0.3 is 0 Å². The van der Waals surface area contributed by atoms with Gasteiger partial charge in [-0.3, -0.25) is 0 Å². The number of rotatable bonds is 5. The molecule has 2 atom stereocenters. The fraction of sp³-hybridized carbons (Fsp3) is 0.286. The van der Waals surface area contributed by atoms with Gasteiger partial charge in [-0.05, 0) is 24.6 Å². The van der Waals surface area contributed by atoms with Gasteiger partial charge in [-0.15, -0.1) is 0 Å². The van der Waals surface area contributed by atoms with E-state index in [1.54, 1.807) is 19.1 Å². The molecule has 1 N–H and O–H groups in total. The summed E-state index contributed by atoms with van der Waals surface area (Å²) in [4.78, 5) is 5.30. The highest BCUT2D eigenvalue weighted by Gasteiger charge is 2.39. The molecule has 2 aromatic heterocycles. The number of halogens is 1. The first-order valence-electron chi connectivity index (χ1n) is 6.76. The molecule has 0 fully saturated rings. The smallest absolute Gasteiger partial charge is 0.137 e. The molecule has 0 aliphatic rings. The number of nitrogens with zero attached hydrogens (tertiary/aromatic N) is 6. The molecule has 0 unspecified atom stereocenters. The van der Waals surface area contributed by atoms with Gasteiger partial charge in [0, 0.05) is 0 Å². The van der Waals surface area contributed by atoms with Gasteiger partial charge in [0.2, 0.25) is 0 Å². The predicted molar refractivity (Wildman–Crippen MR) is 75.1 cm³/mol. The van der Waals surface area contributed by atoms with Crippen molar-refractivity contribution in [2.75, 3.05) is 0 Å². The quantitative estimate of drug-likeness (QED) is 0.765. The summed E-state index contributed by atoms with van der Waals surface area (Å²) < 4.78 is 14.7. The van der Waals surface area contributed by atoms with Gasteiger partial charge in [-0.1, -0.05) is 12.1 Å². The van der Waals surface area contributed by atoms with Gasteiger partial charge in [0.25, 0.3) is 0 Å². The van der Waals surface area contributed by atoms with E-state index >= 15 is 0 Å². The zero-order valence-electron chi connectivity index (χ0n) is 11.9. The maximum Gasteiger partial charge on any atom is 0.137 e. The number of hydrogen-bond donors (Lipinski definition) is 1. The Balaban J connectivity index is 2.02. The summed E-state index contributed by atoms with van der Waals surface area (Å²) in [6.45, 7) is 1.93. The highest BCUT2D eigenvalue weighted by atomic mass is 19.1. The zero-order valence-corrected chi connectivity index (χ0v) is 11.9. The lowest BCUT2D eigenvalue weighted by atomic mass is 9.87. The lowest BCUT2D eigenvalue weighted by Crippen LogP contribution is -2.40. The van der Waals surface area contributed by atoms with Gasteiger partial charge in [0.15, 0.2) is 0 Å². The second-order valence-corrected chi connectivity index (χ2v) is 5.05. The summed E-state index contributed by atoms with van der Waals surface area (Å²) in [6, 6.07) is 5.23. The van der Waals surface area contributed by atoms with Crippen molar-refractivity contribution in [3.8, 4) is 0 Å². The molecule has 7 nitrogen and oxygen atoms in total. The van der Waals surface area contributed by atoms with Crippen molar-refractivity contribution in [1.82, 2.24) is 29.8 Å². The minimum Gasteiger partial charge on any atom is -0.381 e. The standard InChI is InChI=1S/C14H15FN6O/c1-11(21-17-6-7-18-21)14(22,8-20-10-16-9-19-20)12-2-4-13(15)5-3-12/h2-7,9-11,22H,8H2,1H3/t11-,14+/m1/s1. The number of aliphatic hydroxyl groups is 1. The van der Waals surface area contributed by atoms with Crippen LogP contribution in [0.4, 0.5) is 4.39 Å². The largest absolute Gasteiger partial charge is 0.381 e. The van der Waals surface area contributed by atoms with E-state index in [1.165, 1.54) is 46.7 Å². The lowest BCUT2D eigenvalue weighted by Gasteiger charge is -2.33. The van der Waals surface area contributed by atoms with E-state index in [0.717, 1.165) is 0 Å². The van der Waals surface area contributed by atoms with E-state index in [2.05, 4.69) is 20.3 Å². The molecule has 22 heavy (non-hydrogen) atoms. The third-order valence-corrected chi connectivity index (χ3v) is 3.69. The molecule has 0 saturated carbocycles. The van der Waals surface area contributed by atoms with Gasteiger partial charge < -0.3 is 5.11 Å². The van der Waals surface area contributed by atoms with E-state index in [-0.39, 0.29) is 12.4 Å². The molecule has 8 heteroatoms. The Labute approximate surface area is 126 Å². The number of hydrogen-bond acceptors (Lipinski definition) is 5. The van der Waals surface area contributed by atoms with Crippen molar-refractivity contribution in [2.45, 2.75) is 25.1 Å². The Morgan fingerprint density at radius 3 is 2.45 bits per heavy atom. The van der Waals surface area contributed by atoms with Crippen molar-refractivity contribution in [2.24, 2.45) is 0 Å². The van der Waals surface area contributed by atoms with Crippen molar-refractivity contribution >= 4 is 0 Å². The van der Waals surface area contributed by atoms with Crippen molar-refractivity contribution in [3.05, 3.63) is 60.7 Å². The van der Waals surface area contributed by atoms with Crippen LogP contribution in [0.15, 0.2) is 49.3 Å². The Bertz CT molecular complexity index is 712. The highest BCUT2D eigenvalue weighted by molar-refractivity contribution is 5.24. The van der Waals surface area contributed by atoms with Crippen LogP contribution in [0.5, 0.6) is 0 Å². The van der Waals surface area contributed by atoms with Gasteiger partial charge in [0.05, 0.1) is 18.9 Å². The van der Waals surface area contributed by atoms with Crippen LogP contribution in [0.2, 0.25) is 0 Å². The fourth-order valence-electron chi connectivity index (χ4n) is 2.38. The first kappa shape index (κ1) is 14.3. The molecular weight excluding hydrogens is 287 g/mol. The van der Waals surface area contributed by atoms with E-state index in [9.17, 15) is 9.50 Å². The monoisotopic (exact) mass is 302 g/mol. The van der Waals surface area contributed by atoms with Crippen LogP contribution in [0.25, 0.3) is 0 Å². The molecule has 0 radical (unpaired) electrons. The topological polar surface area (TPSA) is 81.6 Å². The van der Waals surface area contributed by atoms with Crippen molar-refractivity contribution in [3.63, 3.8) is 0 Å². The second-order valence-electron chi connectivity index (χ2n) is 5.05. The fourth-order valence-corrected chi connectivity index (χ4v) is 2.38. The van der Waals surface area contributed by atoms with E-state index in [0.29, 0.717) is 5.56 Å². The Kier molecular flexibility index (Phi) is 3.68. The molecule has 0 bridgehead atoms. The van der Waals surface area contributed by atoms with E-state index in [1.807, 2.05) is 0 Å². The summed E-state index contributed by atoms with van der Waals surface area (Å²) in [7, 11) is 0. The lowest BCUT2D eigenvalue weighted by molar-refractivity contribution is -0.0385. The van der Waals surface area contributed by atoms with Crippen LogP contribution >= 0.6 is 0 Å². The van der Waals surface area contributed by atoms with Gasteiger partial charge in [-0.25, -0.2) is 14.1 Å². The third kappa shape index (κ3) is 2.60. The molecule has 1 aromatic carbocycles. The predicted octanol–water partition coefficient (Wildman–Crippen LogP) is 1.16. The van der Waals surface area contributed by atoms with Crippen molar-refractivity contribution in [1.29, 1.82) is 0 Å². The maximum absolute atomic E-state index is 13.2. The first-order chi connectivity index (χ1) is 10.6. The molecule has 0 spiro atoms. The number of benzene rings is 1. The summed E-state index contributed by atoms with van der Waals surface area (Å²) in [5, 5.41) is 23.5. The average molecular weight is 302 g/mol. The first-order valence-corrected chi connectivity index (χ1v) is 6.76. The normalized spacial score (nSPS) is 15.4. The van der Waals surface area contributed by atoms with Gasteiger partial charge in [0.1, 0.15) is 30.1 Å². The minimum atomic E-state index is -1.37. The highest BCUT2D eigenvalue weighted by Crippen LogP contribution is 2.34. The van der Waals surface area contributed by atoms with Crippen LogP contribution in [0.1, 0.15) is 18.5 Å². The van der Waals surface area contributed by atoms with Crippen LogP contribution in [0.3, 0.4) is 0 Å². The minimum absolute atomic E-state index is 0.140. The SMILES string of the molecule is C[C@@H](n1nccn1)[C@@](O)(Cn1cncn1)c1ccc(F)cc1. The maximum atomic E-state index is 13.2. The summed E-state index contributed by atoms with van der Waals surface area (Å²) >= 11 is 0. The van der Waals surface area contributed by atoms with E-state index in [4.69, 9.17) is 0 Å². The van der Waals surface area contributed by atoms with Crippen LogP contribution < -0.4 is 0 Å². The molecule has 0 aliphatic carbocycles. The van der Waals surface area contributed by atoms with Crippen molar-refractivity contribution < 1.29 is 9.50 Å². The summed E-state index contributed by atoms with van der Waals surface area (Å²) in [5.74, 6) is -0.364. The van der Waals surface area contributed by atoms with E-state index < -0.39 is 11.6 Å². The molecule has 0 aliphatic heterocycles. The summed E-state index contributed by atoms with van der Waals surface area (Å²) in [6.07, 6.45) is 5.98. The second kappa shape index (κ2) is 5.64. The Hall–Kier alpha value is -2.61. The Morgan fingerprint density at radius 2 is 1.86 bits per heavy atom. The third-order valence-electron chi connectivity index (χ3n) is 3.69. The molecule has 2 heterocycles. The molecular formula is C14H15FN6O. The van der Waals surface area contributed by atoms with Gasteiger partial charge in [-0.2, -0.15) is 20.1 Å². The molecule has 114 valence electrons.